The summed E-state index contributed by atoms with van der Waals surface area (Å²) >= 11 is 7.93. The summed E-state index contributed by atoms with van der Waals surface area (Å²) in [7, 11) is 3.62. The standard InChI is InChI=1S/C15H21ClN2OS/c1-17(2)15(19)7-8-18-9-10-20-11-14(18)12-3-5-13(16)6-4-12/h3-6,14H,7-11H2,1-2H3/t14-/m1/s1. The van der Waals surface area contributed by atoms with Gasteiger partial charge in [0.25, 0.3) is 0 Å². The van der Waals surface area contributed by atoms with Crippen molar-refractivity contribution in [2.75, 3.05) is 38.7 Å². The number of amides is 1. The number of rotatable bonds is 4. The Labute approximate surface area is 130 Å². The first-order chi connectivity index (χ1) is 9.58. The molecule has 0 bridgehead atoms. The summed E-state index contributed by atoms with van der Waals surface area (Å²) in [5.41, 5.74) is 1.29. The van der Waals surface area contributed by atoms with Gasteiger partial charge in [0.15, 0.2) is 0 Å². The number of benzene rings is 1. The van der Waals surface area contributed by atoms with Crippen molar-refractivity contribution >= 4 is 29.3 Å². The van der Waals surface area contributed by atoms with Gasteiger partial charge in [0.1, 0.15) is 0 Å². The molecule has 0 aliphatic carbocycles. The van der Waals surface area contributed by atoms with E-state index in [0.717, 1.165) is 29.6 Å². The molecule has 0 N–H and O–H groups in total. The molecule has 3 nitrogen and oxygen atoms in total. The van der Waals surface area contributed by atoms with Crippen molar-refractivity contribution in [3.8, 4) is 0 Å². The van der Waals surface area contributed by atoms with Crippen LogP contribution in [0.1, 0.15) is 18.0 Å². The molecule has 1 heterocycles. The Balaban J connectivity index is 2.01. The zero-order chi connectivity index (χ0) is 14.5. The van der Waals surface area contributed by atoms with E-state index >= 15 is 0 Å². The van der Waals surface area contributed by atoms with E-state index in [-0.39, 0.29) is 5.91 Å². The fourth-order valence-corrected chi connectivity index (χ4v) is 3.64. The minimum atomic E-state index is 0.193. The molecule has 1 atom stereocenters. The summed E-state index contributed by atoms with van der Waals surface area (Å²) in [6.45, 7) is 1.86. The molecule has 0 spiro atoms. The van der Waals surface area contributed by atoms with Crippen LogP contribution in [0.3, 0.4) is 0 Å². The van der Waals surface area contributed by atoms with Crippen LogP contribution in [-0.4, -0.2) is 54.4 Å². The van der Waals surface area contributed by atoms with Gasteiger partial charge in [0.2, 0.25) is 5.91 Å². The number of carbonyl (C=O) groups excluding carboxylic acids is 1. The van der Waals surface area contributed by atoms with Gasteiger partial charge in [-0.2, -0.15) is 11.8 Å². The maximum absolute atomic E-state index is 11.7. The molecule has 1 saturated heterocycles. The second-order valence-corrected chi connectivity index (χ2v) is 6.80. The molecular weight excluding hydrogens is 292 g/mol. The van der Waals surface area contributed by atoms with Gasteiger partial charge in [-0.15, -0.1) is 0 Å². The van der Waals surface area contributed by atoms with Gasteiger partial charge in [-0.1, -0.05) is 23.7 Å². The first-order valence-electron chi connectivity index (χ1n) is 6.85. The van der Waals surface area contributed by atoms with Crippen LogP contribution >= 0.6 is 23.4 Å². The van der Waals surface area contributed by atoms with Gasteiger partial charge < -0.3 is 4.90 Å². The molecule has 1 amide bonds. The van der Waals surface area contributed by atoms with Gasteiger partial charge in [-0.3, -0.25) is 9.69 Å². The average molecular weight is 313 g/mol. The monoisotopic (exact) mass is 312 g/mol. The molecule has 1 aliphatic heterocycles. The van der Waals surface area contributed by atoms with Crippen LogP contribution in [-0.2, 0) is 4.79 Å². The second kappa shape index (κ2) is 7.34. The molecule has 1 aromatic carbocycles. The lowest BCUT2D eigenvalue weighted by atomic mass is 10.1. The fourth-order valence-electron chi connectivity index (χ4n) is 2.36. The first-order valence-corrected chi connectivity index (χ1v) is 8.38. The third-order valence-electron chi connectivity index (χ3n) is 3.61. The normalized spacial score (nSPS) is 19.9. The first kappa shape index (κ1) is 15.7. The van der Waals surface area contributed by atoms with Gasteiger partial charge in [0.05, 0.1) is 0 Å². The predicted octanol–water partition coefficient (Wildman–Crippen LogP) is 2.91. The van der Waals surface area contributed by atoms with Crippen LogP contribution in [0.5, 0.6) is 0 Å². The lowest BCUT2D eigenvalue weighted by Gasteiger charge is -2.35. The van der Waals surface area contributed by atoms with Crippen LogP contribution < -0.4 is 0 Å². The molecule has 110 valence electrons. The molecule has 0 unspecified atom stereocenters. The van der Waals surface area contributed by atoms with Crippen molar-refractivity contribution in [2.24, 2.45) is 0 Å². The van der Waals surface area contributed by atoms with Crippen molar-refractivity contribution in [3.05, 3.63) is 34.9 Å². The van der Waals surface area contributed by atoms with Crippen LogP contribution in [0.4, 0.5) is 0 Å². The largest absolute Gasteiger partial charge is 0.349 e. The Morgan fingerprint density at radius 1 is 1.40 bits per heavy atom. The third kappa shape index (κ3) is 4.14. The number of halogens is 1. The van der Waals surface area contributed by atoms with Gasteiger partial charge in [-0.25, -0.2) is 0 Å². The molecule has 5 heteroatoms. The van der Waals surface area contributed by atoms with Crippen molar-refractivity contribution in [1.82, 2.24) is 9.80 Å². The molecule has 0 aromatic heterocycles. The number of carbonyl (C=O) groups is 1. The highest BCUT2D eigenvalue weighted by atomic mass is 35.5. The highest BCUT2D eigenvalue weighted by Crippen LogP contribution is 2.30. The Hall–Kier alpha value is -0.710. The second-order valence-electron chi connectivity index (χ2n) is 5.22. The van der Waals surface area contributed by atoms with Crippen molar-refractivity contribution < 1.29 is 4.79 Å². The number of hydrogen-bond acceptors (Lipinski definition) is 3. The minimum Gasteiger partial charge on any atom is -0.349 e. The summed E-state index contributed by atoms with van der Waals surface area (Å²) in [5, 5.41) is 0.770. The molecule has 0 saturated carbocycles. The Morgan fingerprint density at radius 2 is 2.10 bits per heavy atom. The molecule has 20 heavy (non-hydrogen) atoms. The van der Waals surface area contributed by atoms with Crippen molar-refractivity contribution in [1.29, 1.82) is 0 Å². The fraction of sp³-hybridized carbons (Fsp3) is 0.533. The van der Waals surface area contributed by atoms with E-state index in [9.17, 15) is 4.79 Å². The topological polar surface area (TPSA) is 23.6 Å². The lowest BCUT2D eigenvalue weighted by molar-refractivity contribution is -0.129. The summed E-state index contributed by atoms with van der Waals surface area (Å²) in [5.74, 6) is 2.41. The number of nitrogens with zero attached hydrogens (tertiary/aromatic N) is 2. The van der Waals surface area contributed by atoms with Gasteiger partial charge in [-0.05, 0) is 17.7 Å². The molecule has 0 radical (unpaired) electrons. The predicted molar refractivity (Wildman–Crippen MR) is 86.4 cm³/mol. The maximum atomic E-state index is 11.7. The van der Waals surface area contributed by atoms with Crippen molar-refractivity contribution in [3.63, 3.8) is 0 Å². The van der Waals surface area contributed by atoms with E-state index in [1.54, 1.807) is 4.90 Å². The SMILES string of the molecule is CN(C)C(=O)CCN1CCSC[C@@H]1c1ccc(Cl)cc1. The maximum Gasteiger partial charge on any atom is 0.223 e. The zero-order valence-corrected chi connectivity index (χ0v) is 13.6. The van der Waals surface area contributed by atoms with Crippen LogP contribution in [0.2, 0.25) is 5.02 Å². The van der Waals surface area contributed by atoms with E-state index in [1.807, 2.05) is 38.0 Å². The Kier molecular flexibility index (Phi) is 5.75. The van der Waals surface area contributed by atoms with Crippen LogP contribution in [0.15, 0.2) is 24.3 Å². The molecular formula is C15H21ClN2OS. The van der Waals surface area contributed by atoms with Gasteiger partial charge >= 0.3 is 0 Å². The molecule has 1 fully saturated rings. The summed E-state index contributed by atoms with van der Waals surface area (Å²) < 4.78 is 0. The highest BCUT2D eigenvalue weighted by Gasteiger charge is 2.24. The molecule has 1 aromatic rings. The minimum absolute atomic E-state index is 0.193. The Bertz CT molecular complexity index is 450. The lowest BCUT2D eigenvalue weighted by Crippen LogP contribution is -2.38. The zero-order valence-electron chi connectivity index (χ0n) is 12.0. The van der Waals surface area contributed by atoms with Crippen molar-refractivity contribution in [2.45, 2.75) is 12.5 Å². The van der Waals surface area contributed by atoms with Crippen LogP contribution in [0, 0.1) is 0 Å². The number of thioether (sulfide) groups is 1. The quantitative estimate of drug-likeness (QED) is 0.854. The third-order valence-corrected chi connectivity index (χ3v) is 4.88. The van der Waals surface area contributed by atoms with E-state index in [1.165, 1.54) is 5.56 Å². The van der Waals surface area contributed by atoms with Crippen LogP contribution in [0.25, 0.3) is 0 Å². The molecule has 1 aliphatic rings. The Morgan fingerprint density at radius 3 is 2.75 bits per heavy atom. The van der Waals surface area contributed by atoms with Gasteiger partial charge in [0, 0.05) is 56.2 Å². The summed E-state index contributed by atoms with van der Waals surface area (Å²) in [6.07, 6.45) is 0.585. The number of hydrogen-bond donors (Lipinski definition) is 0. The highest BCUT2D eigenvalue weighted by molar-refractivity contribution is 7.99. The molecule has 2 rings (SSSR count). The summed E-state index contributed by atoms with van der Waals surface area (Å²) in [4.78, 5) is 15.8. The van der Waals surface area contributed by atoms with E-state index in [0.29, 0.717) is 12.5 Å². The van der Waals surface area contributed by atoms with E-state index in [2.05, 4.69) is 17.0 Å². The van der Waals surface area contributed by atoms with E-state index in [4.69, 9.17) is 11.6 Å². The average Bonchev–Trinajstić information content (AvgIpc) is 2.46. The smallest absolute Gasteiger partial charge is 0.223 e. The summed E-state index contributed by atoms with van der Waals surface area (Å²) in [6, 6.07) is 8.47. The van der Waals surface area contributed by atoms with E-state index < -0.39 is 0 Å².